The fourth-order valence-electron chi connectivity index (χ4n) is 5.27. The van der Waals surface area contributed by atoms with Crippen LogP contribution >= 0.6 is 11.6 Å². The monoisotopic (exact) mass is 618 g/mol. The molecule has 3 fully saturated rings. The lowest BCUT2D eigenvalue weighted by Crippen LogP contribution is -2.62. The first kappa shape index (κ1) is 29.5. The lowest BCUT2D eigenvalue weighted by atomic mass is 10.1. The van der Waals surface area contributed by atoms with Crippen LogP contribution in [-0.4, -0.2) is 104 Å². The number of morpholine rings is 2. The summed E-state index contributed by atoms with van der Waals surface area (Å²) in [6.07, 6.45) is -6.30. The number of ether oxygens (including phenoxy) is 1. The molecule has 3 aliphatic rings. The molecule has 16 heteroatoms. The average molecular weight is 619 g/mol. The Morgan fingerprint density at radius 3 is 2.41 bits per heavy atom. The number of rotatable bonds is 6. The third-order valence-corrected chi connectivity index (χ3v) is 9.18. The summed E-state index contributed by atoms with van der Waals surface area (Å²) in [5, 5.41) is 4.53. The van der Waals surface area contributed by atoms with Crippen LogP contribution in [0.3, 0.4) is 0 Å². The number of nitrogens with one attached hydrogen (secondary N) is 1. The van der Waals surface area contributed by atoms with Crippen LogP contribution in [-0.2, 0) is 34.0 Å². The van der Waals surface area contributed by atoms with E-state index < -0.39 is 51.0 Å². The molecule has 3 saturated heterocycles. The molecule has 3 aliphatic heterocycles. The van der Waals surface area contributed by atoms with Crippen LogP contribution in [0.1, 0.15) is 13.3 Å². The van der Waals surface area contributed by atoms with Gasteiger partial charge in [0.05, 0.1) is 17.1 Å². The van der Waals surface area contributed by atoms with Crippen LogP contribution in [0.2, 0.25) is 5.02 Å². The number of amides is 2. The Hall–Kier alpha value is -2.98. The Kier molecular flexibility index (Phi) is 7.93. The fraction of sp³-hybridized carbons (Fsp3) is 0.480. The topological polar surface area (TPSA) is 126 Å². The van der Waals surface area contributed by atoms with Gasteiger partial charge < -0.3 is 24.7 Å². The first-order valence-corrected chi connectivity index (χ1v) is 14.6. The molecule has 2 bridgehead atoms. The maximum atomic E-state index is 13.6. The molecule has 11 nitrogen and oxygen atoms in total. The molecule has 0 aliphatic carbocycles. The lowest BCUT2D eigenvalue weighted by molar-refractivity contribution is -0.226. The average Bonchev–Trinajstić information content (AvgIpc) is 3.29. The molecule has 0 spiro atoms. The maximum absolute atomic E-state index is 13.6. The predicted molar refractivity (Wildman–Crippen MR) is 138 cm³/mol. The maximum Gasteiger partial charge on any atom is 0.492 e. The number of likely N-dealkylation sites (tertiary alicyclic amines) is 1. The Balaban J connectivity index is 1.41. The van der Waals surface area contributed by atoms with Gasteiger partial charge in [0.1, 0.15) is 12.1 Å². The number of benzene rings is 2. The number of halogens is 4. The molecule has 1 N–H and O–H groups in total. The smallest absolute Gasteiger partial charge is 0.369 e. The molecule has 41 heavy (non-hydrogen) atoms. The van der Waals surface area contributed by atoms with Crippen molar-refractivity contribution in [2.24, 2.45) is 0 Å². The molecule has 3 heterocycles. The second-order valence-corrected chi connectivity index (χ2v) is 12.3. The van der Waals surface area contributed by atoms with Crippen LogP contribution in [0.25, 0.3) is 10.8 Å². The third-order valence-electron chi connectivity index (χ3n) is 7.29. The molecule has 222 valence electrons. The van der Waals surface area contributed by atoms with Crippen molar-refractivity contribution in [3.8, 4) is 0 Å². The van der Waals surface area contributed by atoms with E-state index in [2.05, 4.69) is 10.2 Å². The number of fused-ring (bicyclic) bond motifs is 3. The highest BCUT2D eigenvalue weighted by molar-refractivity contribution is 7.89. The number of hydrogen-bond donors (Lipinski definition) is 1. The number of carbonyl (C=O) groups excluding carboxylic acids is 3. The van der Waals surface area contributed by atoms with Gasteiger partial charge in [0.2, 0.25) is 11.8 Å². The van der Waals surface area contributed by atoms with Crippen molar-refractivity contribution in [1.82, 2.24) is 19.6 Å². The van der Waals surface area contributed by atoms with Crippen LogP contribution in [0.5, 0.6) is 0 Å². The molecule has 0 unspecified atom stereocenters. The molecular formula is C25H26ClF3N4O7S. The number of sulfonamides is 1. The van der Waals surface area contributed by atoms with E-state index in [9.17, 15) is 36.0 Å². The zero-order valence-electron chi connectivity index (χ0n) is 21.6. The van der Waals surface area contributed by atoms with Crippen molar-refractivity contribution >= 4 is 50.2 Å². The molecule has 2 aromatic rings. The van der Waals surface area contributed by atoms with Gasteiger partial charge in [-0.2, -0.15) is 13.2 Å². The Morgan fingerprint density at radius 1 is 1.12 bits per heavy atom. The summed E-state index contributed by atoms with van der Waals surface area (Å²) >= 11 is 5.97. The fourth-order valence-corrected chi connectivity index (χ4v) is 6.87. The highest BCUT2D eigenvalue weighted by atomic mass is 35.5. The van der Waals surface area contributed by atoms with E-state index in [1.165, 1.54) is 31.2 Å². The van der Waals surface area contributed by atoms with Crippen LogP contribution in [0, 0.1) is 0 Å². The van der Waals surface area contributed by atoms with Crippen molar-refractivity contribution in [3.05, 3.63) is 41.4 Å². The van der Waals surface area contributed by atoms with Gasteiger partial charge >= 0.3 is 12.1 Å². The van der Waals surface area contributed by atoms with Gasteiger partial charge in [0.25, 0.3) is 10.0 Å². The standard InChI is InChI=1S/C25H26ClF3N4O7S/c1-14(22(34)31-12-18-10-30-11-19(13-31)39-18)32-7-6-21(23(32)35)33(40-24(36)25(27,28)29)41(37,38)20-5-3-15-8-17(26)4-2-16(15)9-20/h2-5,8-9,14,18-19,21,30H,6-7,10-13H2,1H3/t14-,18-,19+,21-/m0/s1. The molecule has 4 atom stereocenters. The van der Waals surface area contributed by atoms with E-state index in [1.54, 1.807) is 11.0 Å². The van der Waals surface area contributed by atoms with E-state index in [1.807, 2.05) is 0 Å². The summed E-state index contributed by atoms with van der Waals surface area (Å²) in [4.78, 5) is 45.1. The van der Waals surface area contributed by atoms with Gasteiger partial charge in [-0.05, 0) is 52.9 Å². The van der Waals surface area contributed by atoms with Crippen molar-refractivity contribution in [3.63, 3.8) is 0 Å². The summed E-state index contributed by atoms with van der Waals surface area (Å²) in [6, 6.07) is 5.35. The summed E-state index contributed by atoms with van der Waals surface area (Å²) in [7, 11) is -4.98. The van der Waals surface area contributed by atoms with Crippen molar-refractivity contribution in [1.29, 1.82) is 0 Å². The van der Waals surface area contributed by atoms with Crippen LogP contribution in [0.15, 0.2) is 41.3 Å². The van der Waals surface area contributed by atoms with Crippen LogP contribution < -0.4 is 5.32 Å². The van der Waals surface area contributed by atoms with Gasteiger partial charge in [-0.25, -0.2) is 13.2 Å². The van der Waals surface area contributed by atoms with Gasteiger partial charge in [-0.3, -0.25) is 9.59 Å². The second-order valence-electron chi connectivity index (χ2n) is 10.1. The molecular weight excluding hydrogens is 593 g/mol. The quantitative estimate of drug-likeness (QED) is 0.485. The number of nitrogens with zero attached hydrogens (tertiary/aromatic N) is 3. The van der Waals surface area contributed by atoms with E-state index >= 15 is 0 Å². The number of alkyl halides is 3. The Labute approximate surface area is 238 Å². The predicted octanol–water partition coefficient (Wildman–Crippen LogP) is 1.69. The minimum absolute atomic E-state index is 0.152. The van der Waals surface area contributed by atoms with Gasteiger partial charge in [-0.15, -0.1) is 0 Å². The minimum Gasteiger partial charge on any atom is -0.369 e. The molecule has 0 saturated carbocycles. The Bertz CT molecular complexity index is 1480. The van der Waals surface area contributed by atoms with Crippen molar-refractivity contribution in [2.75, 3.05) is 32.7 Å². The van der Waals surface area contributed by atoms with Crippen LogP contribution in [0.4, 0.5) is 13.2 Å². The van der Waals surface area contributed by atoms with E-state index in [-0.39, 0.29) is 42.7 Å². The first-order chi connectivity index (χ1) is 19.3. The molecule has 0 radical (unpaired) electrons. The van der Waals surface area contributed by atoms with E-state index in [4.69, 9.17) is 16.3 Å². The molecule has 2 amide bonds. The van der Waals surface area contributed by atoms with Crippen molar-refractivity contribution < 1.29 is 45.5 Å². The summed E-state index contributed by atoms with van der Waals surface area (Å²) in [5.74, 6) is -4.18. The normalized spacial score (nSPS) is 24.1. The van der Waals surface area contributed by atoms with E-state index in [0.717, 1.165) is 11.0 Å². The number of carbonyl (C=O) groups is 3. The summed E-state index contributed by atoms with van der Waals surface area (Å²) in [6.45, 7) is 2.99. The second kappa shape index (κ2) is 11.0. The zero-order valence-corrected chi connectivity index (χ0v) is 23.2. The Morgan fingerprint density at radius 2 is 1.76 bits per heavy atom. The highest BCUT2D eigenvalue weighted by Gasteiger charge is 2.51. The number of hydroxylamine groups is 1. The van der Waals surface area contributed by atoms with Gasteiger partial charge in [-0.1, -0.05) is 23.7 Å². The molecule has 2 aromatic carbocycles. The largest absolute Gasteiger partial charge is 0.492 e. The summed E-state index contributed by atoms with van der Waals surface area (Å²) in [5.41, 5.74) is 0. The molecule has 5 rings (SSSR count). The van der Waals surface area contributed by atoms with E-state index in [0.29, 0.717) is 28.9 Å². The minimum atomic E-state index is -5.54. The molecule has 0 aromatic heterocycles. The lowest BCUT2D eigenvalue weighted by Gasteiger charge is -2.43. The highest BCUT2D eigenvalue weighted by Crippen LogP contribution is 2.31. The third kappa shape index (κ3) is 5.86. The van der Waals surface area contributed by atoms with Crippen molar-refractivity contribution in [2.45, 2.75) is 48.7 Å². The summed E-state index contributed by atoms with van der Waals surface area (Å²) < 4.78 is 72.3. The zero-order chi connectivity index (χ0) is 29.7. The number of hydrogen-bond acceptors (Lipinski definition) is 8. The van der Waals surface area contributed by atoms with Gasteiger partial charge in [0.15, 0.2) is 0 Å². The SMILES string of the molecule is C[C@@H](C(=O)N1C[C@H]2CNC[C@@H](C1)O2)N1CC[C@H](N(OC(=O)C(F)(F)F)S(=O)(=O)c2ccc3cc(Cl)ccc3c2)C1=O. The van der Waals surface area contributed by atoms with Gasteiger partial charge in [0, 0.05) is 37.7 Å². The first-order valence-electron chi connectivity index (χ1n) is 12.7.